The zero-order chi connectivity index (χ0) is 20.3. The van der Waals surface area contributed by atoms with E-state index < -0.39 is 5.97 Å². The van der Waals surface area contributed by atoms with Crippen molar-refractivity contribution in [3.8, 4) is 11.5 Å². The van der Waals surface area contributed by atoms with Gasteiger partial charge in [-0.25, -0.2) is 4.79 Å². The third-order valence-corrected chi connectivity index (χ3v) is 4.35. The number of hydrogen-bond donors (Lipinski definition) is 0. The number of carbonyl (C=O) groups excluding carboxylic acids is 2. The Kier molecular flexibility index (Phi) is 5.83. The highest BCUT2D eigenvalue weighted by Crippen LogP contribution is 2.37. The minimum atomic E-state index is -0.443. The molecule has 146 valence electrons. The smallest absolute Gasteiger partial charge is 0.344 e. The summed E-state index contributed by atoms with van der Waals surface area (Å²) in [4.78, 5) is 24.4. The van der Waals surface area contributed by atoms with E-state index in [0.29, 0.717) is 17.1 Å². The van der Waals surface area contributed by atoms with E-state index in [1.54, 1.807) is 32.1 Å². The molecule has 0 atom stereocenters. The van der Waals surface area contributed by atoms with Crippen molar-refractivity contribution in [1.82, 2.24) is 0 Å². The molecular formula is C23H24O5. The standard InChI is InChI=1S/C23H24O5/c1-5-16-6-8-17(9-7-16)11-20-23(25)22-15(4)10-18(12-19(22)28-20)26-13-21(24)27-14(2)3/h6-12,14H,5,13H2,1-4H3/b20-11-. The van der Waals surface area contributed by atoms with E-state index >= 15 is 0 Å². The number of esters is 1. The van der Waals surface area contributed by atoms with Gasteiger partial charge in [0.25, 0.3) is 0 Å². The first kappa shape index (κ1) is 19.7. The van der Waals surface area contributed by atoms with Crippen LogP contribution in [-0.2, 0) is 16.0 Å². The second kappa shape index (κ2) is 8.30. The molecule has 0 aromatic heterocycles. The largest absolute Gasteiger partial charge is 0.482 e. The van der Waals surface area contributed by atoms with Gasteiger partial charge in [0.15, 0.2) is 12.4 Å². The van der Waals surface area contributed by atoms with E-state index in [1.165, 1.54) is 5.56 Å². The molecule has 0 radical (unpaired) electrons. The number of Topliss-reactive ketones (excluding diaryl/α,β-unsaturated/α-hetero) is 1. The molecule has 0 spiro atoms. The van der Waals surface area contributed by atoms with Crippen LogP contribution in [0.15, 0.2) is 42.2 Å². The SMILES string of the molecule is CCc1ccc(/C=C2\Oc3cc(OCC(=O)OC(C)C)cc(C)c3C2=O)cc1. The summed E-state index contributed by atoms with van der Waals surface area (Å²) in [5, 5.41) is 0. The number of ketones is 1. The van der Waals surface area contributed by atoms with Crippen LogP contribution in [0.5, 0.6) is 11.5 Å². The Balaban J connectivity index is 1.77. The molecule has 0 saturated carbocycles. The number of hydrogen-bond acceptors (Lipinski definition) is 5. The van der Waals surface area contributed by atoms with Crippen LogP contribution in [0.3, 0.4) is 0 Å². The molecule has 5 heteroatoms. The second-order valence-electron chi connectivity index (χ2n) is 6.98. The summed E-state index contributed by atoms with van der Waals surface area (Å²) < 4.78 is 16.3. The minimum absolute atomic E-state index is 0.155. The lowest BCUT2D eigenvalue weighted by molar-refractivity contribution is -0.149. The van der Waals surface area contributed by atoms with Gasteiger partial charge in [-0.15, -0.1) is 0 Å². The van der Waals surface area contributed by atoms with Gasteiger partial charge in [-0.1, -0.05) is 31.2 Å². The fraction of sp³-hybridized carbons (Fsp3) is 0.304. The predicted molar refractivity (Wildman–Crippen MR) is 107 cm³/mol. The normalized spacial score (nSPS) is 14.2. The van der Waals surface area contributed by atoms with Crippen LogP contribution < -0.4 is 9.47 Å². The van der Waals surface area contributed by atoms with Gasteiger partial charge in [0.05, 0.1) is 11.7 Å². The molecule has 28 heavy (non-hydrogen) atoms. The van der Waals surface area contributed by atoms with Crippen LogP contribution in [0.25, 0.3) is 6.08 Å². The van der Waals surface area contributed by atoms with Crippen LogP contribution in [0.2, 0.25) is 0 Å². The average molecular weight is 380 g/mol. The van der Waals surface area contributed by atoms with Gasteiger partial charge in [0.2, 0.25) is 5.78 Å². The van der Waals surface area contributed by atoms with E-state index in [9.17, 15) is 9.59 Å². The minimum Gasteiger partial charge on any atom is -0.482 e. The maximum atomic E-state index is 12.7. The highest BCUT2D eigenvalue weighted by Gasteiger charge is 2.30. The lowest BCUT2D eigenvalue weighted by atomic mass is 10.0. The molecule has 0 N–H and O–H groups in total. The van der Waals surface area contributed by atoms with Crippen molar-refractivity contribution in [3.05, 3.63) is 64.4 Å². The molecule has 0 bridgehead atoms. The van der Waals surface area contributed by atoms with E-state index in [1.807, 2.05) is 31.2 Å². The first-order valence-electron chi connectivity index (χ1n) is 9.37. The molecule has 2 aromatic carbocycles. The summed E-state index contributed by atoms with van der Waals surface area (Å²) in [5.41, 5.74) is 3.39. The van der Waals surface area contributed by atoms with Crippen molar-refractivity contribution in [3.63, 3.8) is 0 Å². The lowest BCUT2D eigenvalue weighted by Crippen LogP contribution is -2.18. The molecule has 1 aliphatic heterocycles. The number of rotatable bonds is 6. The predicted octanol–water partition coefficient (Wildman–Crippen LogP) is 4.50. The molecule has 3 rings (SSSR count). The molecule has 0 fully saturated rings. The number of allylic oxidation sites excluding steroid dienone is 1. The molecule has 1 heterocycles. The van der Waals surface area contributed by atoms with Gasteiger partial charge in [0, 0.05) is 6.07 Å². The third-order valence-electron chi connectivity index (χ3n) is 4.35. The highest BCUT2D eigenvalue weighted by molar-refractivity contribution is 6.15. The Morgan fingerprint density at radius 3 is 2.54 bits per heavy atom. The van der Waals surface area contributed by atoms with Gasteiger partial charge in [-0.3, -0.25) is 4.79 Å². The van der Waals surface area contributed by atoms with Crippen LogP contribution >= 0.6 is 0 Å². The van der Waals surface area contributed by atoms with E-state index in [4.69, 9.17) is 14.2 Å². The Morgan fingerprint density at radius 2 is 1.89 bits per heavy atom. The quantitative estimate of drug-likeness (QED) is 0.545. The number of aryl methyl sites for hydroxylation is 2. The zero-order valence-electron chi connectivity index (χ0n) is 16.6. The first-order chi connectivity index (χ1) is 13.4. The number of fused-ring (bicyclic) bond motifs is 1. The maximum absolute atomic E-state index is 12.7. The zero-order valence-corrected chi connectivity index (χ0v) is 16.6. The lowest BCUT2D eigenvalue weighted by Gasteiger charge is -2.10. The van der Waals surface area contributed by atoms with Crippen LogP contribution in [-0.4, -0.2) is 24.5 Å². The molecule has 0 aliphatic carbocycles. The third kappa shape index (κ3) is 4.42. The summed E-state index contributed by atoms with van der Waals surface area (Å²) in [6.45, 7) is 7.27. The number of carbonyl (C=O) groups is 2. The van der Waals surface area contributed by atoms with Crippen molar-refractivity contribution in [2.75, 3.05) is 6.61 Å². The van der Waals surface area contributed by atoms with E-state index in [0.717, 1.165) is 17.5 Å². The van der Waals surface area contributed by atoms with Crippen LogP contribution in [0.1, 0.15) is 47.8 Å². The first-order valence-corrected chi connectivity index (χ1v) is 9.37. The molecule has 1 aliphatic rings. The summed E-state index contributed by atoms with van der Waals surface area (Å²) in [6, 6.07) is 11.4. The van der Waals surface area contributed by atoms with Gasteiger partial charge in [-0.2, -0.15) is 0 Å². The molecule has 0 amide bonds. The van der Waals surface area contributed by atoms with Crippen molar-refractivity contribution in [2.45, 2.75) is 40.2 Å². The Morgan fingerprint density at radius 1 is 1.18 bits per heavy atom. The summed E-state index contributed by atoms with van der Waals surface area (Å²) in [7, 11) is 0. The number of ether oxygens (including phenoxy) is 3. The number of benzene rings is 2. The average Bonchev–Trinajstić information content (AvgIpc) is 2.96. The van der Waals surface area contributed by atoms with E-state index in [-0.39, 0.29) is 24.3 Å². The van der Waals surface area contributed by atoms with Crippen molar-refractivity contribution < 1.29 is 23.8 Å². The topological polar surface area (TPSA) is 61.8 Å². The Bertz CT molecular complexity index is 923. The van der Waals surface area contributed by atoms with Gasteiger partial charge < -0.3 is 14.2 Å². The van der Waals surface area contributed by atoms with Gasteiger partial charge >= 0.3 is 5.97 Å². The monoisotopic (exact) mass is 380 g/mol. The van der Waals surface area contributed by atoms with Crippen molar-refractivity contribution >= 4 is 17.8 Å². The highest BCUT2D eigenvalue weighted by atomic mass is 16.6. The van der Waals surface area contributed by atoms with Crippen molar-refractivity contribution in [1.29, 1.82) is 0 Å². The molecule has 0 unspecified atom stereocenters. The molecule has 0 saturated heterocycles. The molecule has 5 nitrogen and oxygen atoms in total. The van der Waals surface area contributed by atoms with Gasteiger partial charge in [0.1, 0.15) is 11.5 Å². The molecular weight excluding hydrogens is 356 g/mol. The van der Waals surface area contributed by atoms with Crippen LogP contribution in [0, 0.1) is 6.92 Å². The second-order valence-corrected chi connectivity index (χ2v) is 6.98. The Hall–Kier alpha value is -3.08. The Labute approximate surface area is 164 Å². The summed E-state index contributed by atoms with van der Waals surface area (Å²) in [6.07, 6.45) is 2.50. The molecule has 2 aromatic rings. The van der Waals surface area contributed by atoms with E-state index in [2.05, 4.69) is 6.92 Å². The fourth-order valence-electron chi connectivity index (χ4n) is 3.00. The fourth-order valence-corrected chi connectivity index (χ4v) is 3.00. The summed E-state index contributed by atoms with van der Waals surface area (Å²) in [5.74, 6) is 0.574. The van der Waals surface area contributed by atoms with Crippen molar-refractivity contribution in [2.24, 2.45) is 0 Å². The maximum Gasteiger partial charge on any atom is 0.344 e. The van der Waals surface area contributed by atoms with Gasteiger partial charge in [-0.05, 0) is 56.0 Å². The van der Waals surface area contributed by atoms with Crippen LogP contribution in [0.4, 0.5) is 0 Å². The summed E-state index contributed by atoms with van der Waals surface area (Å²) >= 11 is 0.